The Bertz CT molecular complexity index is 838. The number of unbranched alkanes of at least 4 members (excludes halogenated alkanes) is 1. The molecule has 0 unspecified atom stereocenters. The van der Waals surface area contributed by atoms with E-state index in [0.717, 1.165) is 12.8 Å². The van der Waals surface area contributed by atoms with Crippen LogP contribution in [-0.4, -0.2) is 52.4 Å². The lowest BCUT2D eigenvalue weighted by Gasteiger charge is -2.13. The molecule has 8 nitrogen and oxygen atoms in total. The number of carbonyl (C=O) groups is 2. The predicted octanol–water partition coefficient (Wildman–Crippen LogP) is 3.27. The van der Waals surface area contributed by atoms with E-state index in [2.05, 4.69) is 17.6 Å². The first-order chi connectivity index (χ1) is 15.1. The van der Waals surface area contributed by atoms with E-state index in [-0.39, 0.29) is 18.4 Å². The van der Waals surface area contributed by atoms with Crippen LogP contribution < -0.4 is 24.8 Å². The fourth-order valence-corrected chi connectivity index (χ4v) is 2.61. The molecule has 2 N–H and O–H groups in total. The van der Waals surface area contributed by atoms with Crippen molar-refractivity contribution in [3.63, 3.8) is 0 Å². The van der Waals surface area contributed by atoms with E-state index in [1.807, 2.05) is 0 Å². The normalized spacial score (nSPS) is 10.3. The van der Waals surface area contributed by atoms with E-state index in [9.17, 15) is 9.59 Å². The zero-order valence-electron chi connectivity index (χ0n) is 18.2. The van der Waals surface area contributed by atoms with E-state index in [1.165, 1.54) is 7.11 Å². The highest BCUT2D eigenvalue weighted by Gasteiger charge is 2.11. The zero-order valence-corrected chi connectivity index (χ0v) is 18.2. The maximum absolute atomic E-state index is 12.3. The number of amides is 2. The van der Waals surface area contributed by atoms with Crippen molar-refractivity contribution in [2.24, 2.45) is 0 Å². The van der Waals surface area contributed by atoms with Crippen LogP contribution in [0.2, 0.25) is 0 Å². The summed E-state index contributed by atoms with van der Waals surface area (Å²) in [7, 11) is 3.12. The SMILES string of the molecule is CCCCOc1ccc(C(=O)NCC(=O)Nc2ccc(OC)c(OCCOC)c2)cc1. The number of rotatable bonds is 13. The summed E-state index contributed by atoms with van der Waals surface area (Å²) in [5, 5.41) is 5.33. The van der Waals surface area contributed by atoms with Gasteiger partial charge < -0.3 is 29.6 Å². The van der Waals surface area contributed by atoms with Crippen molar-refractivity contribution in [2.75, 3.05) is 45.9 Å². The molecule has 0 heterocycles. The fraction of sp³-hybridized carbons (Fsp3) is 0.391. The van der Waals surface area contributed by atoms with Crippen LogP contribution in [-0.2, 0) is 9.53 Å². The number of benzene rings is 2. The third-order valence-corrected chi connectivity index (χ3v) is 4.29. The molecule has 2 amide bonds. The highest BCUT2D eigenvalue weighted by Crippen LogP contribution is 2.30. The van der Waals surface area contributed by atoms with Gasteiger partial charge >= 0.3 is 0 Å². The van der Waals surface area contributed by atoms with E-state index in [0.29, 0.717) is 48.3 Å². The number of carbonyl (C=O) groups excluding carboxylic acids is 2. The Labute approximate surface area is 182 Å². The molecule has 168 valence electrons. The van der Waals surface area contributed by atoms with Crippen LogP contribution in [0, 0.1) is 0 Å². The highest BCUT2D eigenvalue weighted by molar-refractivity contribution is 5.99. The number of ether oxygens (including phenoxy) is 4. The van der Waals surface area contributed by atoms with Crippen LogP contribution in [0.4, 0.5) is 5.69 Å². The summed E-state index contributed by atoms with van der Waals surface area (Å²) in [6.45, 7) is 3.35. The lowest BCUT2D eigenvalue weighted by atomic mass is 10.2. The molecule has 2 aromatic rings. The minimum absolute atomic E-state index is 0.167. The van der Waals surface area contributed by atoms with Crippen LogP contribution >= 0.6 is 0 Å². The van der Waals surface area contributed by atoms with Gasteiger partial charge in [-0.15, -0.1) is 0 Å². The molecule has 0 aromatic heterocycles. The van der Waals surface area contributed by atoms with Gasteiger partial charge in [0, 0.05) is 24.4 Å². The second kappa shape index (κ2) is 13.1. The van der Waals surface area contributed by atoms with Crippen molar-refractivity contribution < 1.29 is 28.5 Å². The zero-order chi connectivity index (χ0) is 22.5. The third kappa shape index (κ3) is 8.18. The average Bonchev–Trinajstić information content (AvgIpc) is 2.78. The first-order valence-corrected chi connectivity index (χ1v) is 10.2. The third-order valence-electron chi connectivity index (χ3n) is 4.29. The number of hydrogen-bond acceptors (Lipinski definition) is 6. The Morgan fingerprint density at radius 2 is 1.68 bits per heavy atom. The molecular weight excluding hydrogens is 400 g/mol. The van der Waals surface area contributed by atoms with E-state index in [1.54, 1.807) is 49.6 Å². The van der Waals surface area contributed by atoms with Gasteiger partial charge in [0.05, 0.1) is 26.9 Å². The lowest BCUT2D eigenvalue weighted by molar-refractivity contribution is -0.115. The minimum atomic E-state index is -0.360. The molecule has 2 rings (SSSR count). The summed E-state index contributed by atoms with van der Waals surface area (Å²) in [5.74, 6) is 1.05. The van der Waals surface area contributed by atoms with Gasteiger partial charge in [0.1, 0.15) is 12.4 Å². The molecule has 0 aliphatic heterocycles. The van der Waals surface area contributed by atoms with Crippen LogP contribution in [0.5, 0.6) is 17.2 Å². The highest BCUT2D eigenvalue weighted by atomic mass is 16.5. The van der Waals surface area contributed by atoms with Crippen molar-refractivity contribution in [3.8, 4) is 17.2 Å². The predicted molar refractivity (Wildman–Crippen MR) is 118 cm³/mol. The van der Waals surface area contributed by atoms with Crippen LogP contribution in [0.3, 0.4) is 0 Å². The molecule has 0 aliphatic carbocycles. The minimum Gasteiger partial charge on any atom is -0.494 e. The number of nitrogens with one attached hydrogen (secondary N) is 2. The first-order valence-electron chi connectivity index (χ1n) is 10.2. The molecule has 31 heavy (non-hydrogen) atoms. The van der Waals surface area contributed by atoms with Gasteiger partial charge in [0.25, 0.3) is 5.91 Å². The molecular formula is C23H30N2O6. The summed E-state index contributed by atoms with van der Waals surface area (Å²) in [4.78, 5) is 24.5. The van der Waals surface area contributed by atoms with Crippen molar-refractivity contribution >= 4 is 17.5 Å². The van der Waals surface area contributed by atoms with Gasteiger partial charge in [-0.3, -0.25) is 9.59 Å². The Kier molecular flexibility index (Phi) is 10.2. The van der Waals surface area contributed by atoms with Crippen LogP contribution in [0.1, 0.15) is 30.1 Å². The summed E-state index contributed by atoms with van der Waals surface area (Å²) < 4.78 is 21.4. The molecule has 0 spiro atoms. The second-order valence-electron chi connectivity index (χ2n) is 6.66. The fourth-order valence-electron chi connectivity index (χ4n) is 2.61. The smallest absolute Gasteiger partial charge is 0.251 e. The summed E-state index contributed by atoms with van der Waals surface area (Å²) in [5.41, 5.74) is 0.981. The van der Waals surface area contributed by atoms with E-state index < -0.39 is 0 Å². The summed E-state index contributed by atoms with van der Waals surface area (Å²) in [6.07, 6.45) is 2.04. The maximum atomic E-state index is 12.3. The summed E-state index contributed by atoms with van der Waals surface area (Å²) in [6, 6.07) is 11.9. The Balaban J connectivity index is 1.85. The average molecular weight is 431 g/mol. The first kappa shape index (κ1) is 24.0. The molecule has 0 aliphatic rings. The molecule has 0 bridgehead atoms. The van der Waals surface area contributed by atoms with Gasteiger partial charge in [-0.1, -0.05) is 13.3 Å². The van der Waals surface area contributed by atoms with Crippen molar-refractivity contribution in [2.45, 2.75) is 19.8 Å². The van der Waals surface area contributed by atoms with Crippen LogP contribution in [0.25, 0.3) is 0 Å². The standard InChI is InChI=1S/C23H30N2O6/c1-4-5-12-30-19-9-6-17(7-10-19)23(27)24-16-22(26)25-18-8-11-20(29-3)21(15-18)31-14-13-28-2/h6-11,15H,4-5,12-14,16H2,1-3H3,(H,24,27)(H,25,26). The van der Waals surface area contributed by atoms with E-state index in [4.69, 9.17) is 18.9 Å². The Morgan fingerprint density at radius 3 is 2.35 bits per heavy atom. The van der Waals surface area contributed by atoms with Gasteiger partial charge in [0.2, 0.25) is 5.91 Å². The van der Waals surface area contributed by atoms with Gasteiger partial charge in [-0.05, 0) is 42.8 Å². The molecule has 0 saturated heterocycles. The van der Waals surface area contributed by atoms with Gasteiger partial charge in [-0.2, -0.15) is 0 Å². The Hall–Kier alpha value is -3.26. The molecule has 0 fully saturated rings. The monoisotopic (exact) mass is 430 g/mol. The molecule has 0 saturated carbocycles. The van der Waals surface area contributed by atoms with Crippen molar-refractivity contribution in [1.82, 2.24) is 5.32 Å². The Morgan fingerprint density at radius 1 is 0.903 bits per heavy atom. The molecule has 2 aromatic carbocycles. The van der Waals surface area contributed by atoms with Crippen molar-refractivity contribution in [1.29, 1.82) is 0 Å². The van der Waals surface area contributed by atoms with Gasteiger partial charge in [0.15, 0.2) is 11.5 Å². The topological polar surface area (TPSA) is 95.1 Å². The molecule has 0 atom stereocenters. The largest absolute Gasteiger partial charge is 0.494 e. The second-order valence-corrected chi connectivity index (χ2v) is 6.66. The van der Waals surface area contributed by atoms with E-state index >= 15 is 0 Å². The number of anilines is 1. The van der Waals surface area contributed by atoms with Crippen molar-refractivity contribution in [3.05, 3.63) is 48.0 Å². The summed E-state index contributed by atoms with van der Waals surface area (Å²) >= 11 is 0. The number of hydrogen-bond donors (Lipinski definition) is 2. The molecule has 8 heteroatoms. The lowest BCUT2D eigenvalue weighted by Crippen LogP contribution is -2.32. The molecule has 0 radical (unpaired) electrons. The quantitative estimate of drug-likeness (QED) is 0.474. The van der Waals surface area contributed by atoms with Crippen LogP contribution in [0.15, 0.2) is 42.5 Å². The maximum Gasteiger partial charge on any atom is 0.251 e. The van der Waals surface area contributed by atoms with Gasteiger partial charge in [-0.25, -0.2) is 0 Å². The number of methoxy groups -OCH3 is 2.